The Balaban J connectivity index is 2.38. The third-order valence-electron chi connectivity index (χ3n) is 2.12. The predicted octanol–water partition coefficient (Wildman–Crippen LogP) is 1.72. The molecule has 0 saturated carbocycles. The molecule has 0 unspecified atom stereocenters. The number of carbonyl (C=O) groups is 1. The lowest BCUT2D eigenvalue weighted by atomic mass is 10.1. The van der Waals surface area contributed by atoms with Crippen LogP contribution in [0.15, 0.2) is 24.3 Å². The van der Waals surface area contributed by atoms with Crippen molar-refractivity contribution in [3.8, 4) is 5.75 Å². The van der Waals surface area contributed by atoms with Crippen LogP contribution in [0.5, 0.6) is 5.75 Å². The molecule has 0 atom stereocenters. The van der Waals surface area contributed by atoms with E-state index in [9.17, 15) is 4.79 Å². The SMILES string of the molecule is CC(=N)c1ccc(OCCCC(N)=O)cc1. The summed E-state index contributed by atoms with van der Waals surface area (Å²) >= 11 is 0. The number of rotatable bonds is 6. The quantitative estimate of drug-likeness (QED) is 0.565. The van der Waals surface area contributed by atoms with Crippen molar-refractivity contribution in [3.63, 3.8) is 0 Å². The van der Waals surface area contributed by atoms with E-state index in [-0.39, 0.29) is 5.91 Å². The summed E-state index contributed by atoms with van der Waals surface area (Å²) in [6, 6.07) is 7.31. The summed E-state index contributed by atoms with van der Waals surface area (Å²) in [6.07, 6.45) is 0.971. The van der Waals surface area contributed by atoms with Crippen molar-refractivity contribution in [2.24, 2.45) is 5.73 Å². The number of amides is 1. The highest BCUT2D eigenvalue weighted by Crippen LogP contribution is 2.12. The third kappa shape index (κ3) is 4.13. The highest BCUT2D eigenvalue weighted by atomic mass is 16.5. The predicted molar refractivity (Wildman–Crippen MR) is 62.9 cm³/mol. The van der Waals surface area contributed by atoms with Gasteiger partial charge in [-0.1, -0.05) is 0 Å². The van der Waals surface area contributed by atoms with Gasteiger partial charge in [0.1, 0.15) is 5.75 Å². The van der Waals surface area contributed by atoms with Crippen LogP contribution in [0, 0.1) is 5.41 Å². The zero-order valence-corrected chi connectivity index (χ0v) is 9.32. The van der Waals surface area contributed by atoms with Crippen molar-refractivity contribution in [1.82, 2.24) is 0 Å². The number of primary amides is 1. The van der Waals surface area contributed by atoms with E-state index < -0.39 is 0 Å². The van der Waals surface area contributed by atoms with E-state index in [1.165, 1.54) is 0 Å². The van der Waals surface area contributed by atoms with Gasteiger partial charge in [0.25, 0.3) is 0 Å². The fraction of sp³-hybridized carbons (Fsp3) is 0.333. The van der Waals surface area contributed by atoms with Gasteiger partial charge in [-0.15, -0.1) is 0 Å². The van der Waals surface area contributed by atoms with Gasteiger partial charge in [-0.2, -0.15) is 0 Å². The molecule has 1 aromatic rings. The van der Waals surface area contributed by atoms with Crippen molar-refractivity contribution >= 4 is 11.6 Å². The Hall–Kier alpha value is -1.84. The maximum Gasteiger partial charge on any atom is 0.217 e. The first kappa shape index (κ1) is 12.2. The van der Waals surface area contributed by atoms with Crippen LogP contribution >= 0.6 is 0 Å². The van der Waals surface area contributed by atoms with Gasteiger partial charge in [0.2, 0.25) is 5.91 Å². The number of ether oxygens (including phenoxy) is 1. The third-order valence-corrected chi connectivity index (χ3v) is 2.12. The van der Waals surface area contributed by atoms with Gasteiger partial charge >= 0.3 is 0 Å². The molecule has 4 heteroatoms. The molecule has 0 aromatic heterocycles. The van der Waals surface area contributed by atoms with Crippen LogP contribution in [0.2, 0.25) is 0 Å². The fourth-order valence-electron chi connectivity index (χ4n) is 1.24. The first-order valence-electron chi connectivity index (χ1n) is 5.16. The minimum Gasteiger partial charge on any atom is -0.494 e. The van der Waals surface area contributed by atoms with Crippen molar-refractivity contribution in [2.45, 2.75) is 19.8 Å². The summed E-state index contributed by atoms with van der Waals surface area (Å²) in [5, 5.41) is 7.43. The van der Waals surface area contributed by atoms with Crippen molar-refractivity contribution < 1.29 is 9.53 Å². The second kappa shape index (κ2) is 5.90. The molecule has 0 aliphatic rings. The zero-order valence-electron chi connectivity index (χ0n) is 9.32. The fourth-order valence-corrected chi connectivity index (χ4v) is 1.24. The summed E-state index contributed by atoms with van der Waals surface area (Å²) in [7, 11) is 0. The van der Waals surface area contributed by atoms with E-state index in [0.29, 0.717) is 25.2 Å². The van der Waals surface area contributed by atoms with Gasteiger partial charge in [-0.25, -0.2) is 0 Å². The Labute approximate surface area is 94.9 Å². The lowest BCUT2D eigenvalue weighted by Gasteiger charge is -2.06. The monoisotopic (exact) mass is 220 g/mol. The molecule has 0 radical (unpaired) electrons. The Morgan fingerprint density at radius 2 is 2.00 bits per heavy atom. The highest BCUT2D eigenvalue weighted by Gasteiger charge is 1.98. The van der Waals surface area contributed by atoms with Crippen LogP contribution < -0.4 is 10.5 Å². The maximum absolute atomic E-state index is 10.5. The lowest BCUT2D eigenvalue weighted by Crippen LogP contribution is -2.11. The van der Waals surface area contributed by atoms with Crippen molar-refractivity contribution in [2.75, 3.05) is 6.61 Å². The molecule has 4 nitrogen and oxygen atoms in total. The van der Waals surface area contributed by atoms with Gasteiger partial charge in [0.15, 0.2) is 0 Å². The second-order valence-corrected chi connectivity index (χ2v) is 3.57. The van der Waals surface area contributed by atoms with E-state index >= 15 is 0 Å². The Morgan fingerprint density at radius 1 is 1.38 bits per heavy atom. The van der Waals surface area contributed by atoms with E-state index in [4.69, 9.17) is 15.9 Å². The lowest BCUT2D eigenvalue weighted by molar-refractivity contribution is -0.118. The number of carbonyl (C=O) groups excluding carboxylic acids is 1. The van der Waals surface area contributed by atoms with E-state index in [1.54, 1.807) is 6.92 Å². The summed E-state index contributed by atoms with van der Waals surface area (Å²) < 4.78 is 5.41. The van der Waals surface area contributed by atoms with Crippen molar-refractivity contribution in [3.05, 3.63) is 29.8 Å². The van der Waals surface area contributed by atoms with Crippen LogP contribution in [0.1, 0.15) is 25.3 Å². The first-order valence-corrected chi connectivity index (χ1v) is 5.16. The normalized spacial score (nSPS) is 9.81. The minimum atomic E-state index is -0.307. The molecule has 0 saturated heterocycles. The van der Waals surface area contributed by atoms with Gasteiger partial charge in [0, 0.05) is 12.1 Å². The van der Waals surface area contributed by atoms with Crippen LogP contribution in [0.4, 0.5) is 0 Å². The Morgan fingerprint density at radius 3 is 2.50 bits per heavy atom. The molecule has 1 amide bonds. The molecule has 0 aliphatic carbocycles. The number of benzene rings is 1. The van der Waals surface area contributed by atoms with E-state index in [2.05, 4.69) is 0 Å². The molecule has 0 spiro atoms. The average Bonchev–Trinajstić information content (AvgIpc) is 2.25. The smallest absolute Gasteiger partial charge is 0.217 e. The largest absolute Gasteiger partial charge is 0.494 e. The summed E-state index contributed by atoms with van der Waals surface area (Å²) in [4.78, 5) is 10.5. The number of nitrogens with one attached hydrogen (secondary N) is 1. The van der Waals surface area contributed by atoms with Gasteiger partial charge < -0.3 is 15.9 Å². The van der Waals surface area contributed by atoms with Gasteiger partial charge in [0.05, 0.1) is 6.61 Å². The topological polar surface area (TPSA) is 76.2 Å². The van der Waals surface area contributed by atoms with Crippen LogP contribution in [-0.4, -0.2) is 18.2 Å². The molecular weight excluding hydrogens is 204 g/mol. The summed E-state index contributed by atoms with van der Waals surface area (Å²) in [6.45, 7) is 2.22. The summed E-state index contributed by atoms with van der Waals surface area (Å²) in [5.74, 6) is 0.438. The van der Waals surface area contributed by atoms with Gasteiger partial charge in [-0.05, 0) is 43.2 Å². The zero-order chi connectivity index (χ0) is 12.0. The molecule has 1 aromatic carbocycles. The highest BCUT2D eigenvalue weighted by molar-refractivity contribution is 5.96. The first-order chi connectivity index (χ1) is 7.59. The summed E-state index contributed by atoms with van der Waals surface area (Å²) in [5.41, 5.74) is 6.41. The Bertz CT molecular complexity index is 371. The number of hydrogen-bond acceptors (Lipinski definition) is 3. The molecule has 0 heterocycles. The van der Waals surface area contributed by atoms with E-state index in [0.717, 1.165) is 11.3 Å². The molecule has 0 bridgehead atoms. The van der Waals surface area contributed by atoms with Crippen LogP contribution in [-0.2, 0) is 4.79 Å². The molecule has 0 aliphatic heterocycles. The molecule has 0 fully saturated rings. The Kier molecular flexibility index (Phi) is 4.51. The molecule has 1 rings (SSSR count). The molecule has 86 valence electrons. The minimum absolute atomic E-state index is 0.307. The average molecular weight is 220 g/mol. The number of nitrogens with two attached hydrogens (primary N) is 1. The van der Waals surface area contributed by atoms with Gasteiger partial charge in [-0.3, -0.25) is 4.79 Å². The van der Waals surface area contributed by atoms with E-state index in [1.807, 2.05) is 24.3 Å². The molecular formula is C12H16N2O2. The standard InChI is InChI=1S/C12H16N2O2/c1-9(13)10-4-6-11(7-5-10)16-8-2-3-12(14)15/h4-7,13H,2-3,8H2,1H3,(H2,14,15). The second-order valence-electron chi connectivity index (χ2n) is 3.57. The van der Waals surface area contributed by atoms with Crippen LogP contribution in [0.3, 0.4) is 0 Å². The maximum atomic E-state index is 10.5. The van der Waals surface area contributed by atoms with Crippen molar-refractivity contribution in [1.29, 1.82) is 5.41 Å². The van der Waals surface area contributed by atoms with Crippen LogP contribution in [0.25, 0.3) is 0 Å². The molecule has 3 N–H and O–H groups in total. The number of hydrogen-bond donors (Lipinski definition) is 2. The molecule has 16 heavy (non-hydrogen) atoms.